The Kier molecular flexibility index (Phi) is 1.73. The molecule has 66 valence electrons. The Balaban J connectivity index is 2.23. The minimum absolute atomic E-state index is 0.700. The summed E-state index contributed by atoms with van der Waals surface area (Å²) < 4.78 is 0. The van der Waals surface area contributed by atoms with Crippen molar-refractivity contribution in [3.05, 3.63) is 16.1 Å². The van der Waals surface area contributed by atoms with Crippen LogP contribution in [0, 0.1) is 0 Å². The van der Waals surface area contributed by atoms with Crippen LogP contribution >= 0.6 is 11.3 Å². The van der Waals surface area contributed by atoms with E-state index in [1.54, 1.807) is 31.4 Å². The normalized spacial score (nSPS) is 18.2. The molecule has 0 radical (unpaired) electrons. The maximum absolute atomic E-state index is 9.67. The van der Waals surface area contributed by atoms with E-state index >= 15 is 0 Å². The van der Waals surface area contributed by atoms with Crippen LogP contribution in [0.1, 0.15) is 42.5 Å². The lowest BCUT2D eigenvalue weighted by Gasteiger charge is -2.12. The molecular weight excluding hydrogens is 170 g/mol. The van der Waals surface area contributed by atoms with Gasteiger partial charge < -0.3 is 5.11 Å². The number of hydrogen-bond donors (Lipinski definition) is 1. The van der Waals surface area contributed by atoms with Gasteiger partial charge in [-0.05, 0) is 26.7 Å². The van der Waals surface area contributed by atoms with E-state index in [-0.39, 0.29) is 0 Å². The van der Waals surface area contributed by atoms with Crippen LogP contribution in [0.3, 0.4) is 0 Å². The van der Waals surface area contributed by atoms with E-state index in [4.69, 9.17) is 0 Å². The van der Waals surface area contributed by atoms with E-state index in [2.05, 4.69) is 4.98 Å². The SMILES string of the molecule is CC(C)(O)c1cnc(C2CC2)s1. The molecule has 1 N–H and O–H groups in total. The highest BCUT2D eigenvalue weighted by Gasteiger charge is 2.28. The molecule has 1 saturated carbocycles. The van der Waals surface area contributed by atoms with Crippen molar-refractivity contribution in [2.24, 2.45) is 0 Å². The zero-order valence-corrected chi connectivity index (χ0v) is 8.19. The molecule has 1 fully saturated rings. The van der Waals surface area contributed by atoms with Gasteiger partial charge in [-0.15, -0.1) is 11.3 Å². The second kappa shape index (κ2) is 2.54. The first kappa shape index (κ1) is 8.20. The van der Waals surface area contributed by atoms with Gasteiger partial charge in [-0.2, -0.15) is 0 Å². The molecule has 0 aromatic carbocycles. The van der Waals surface area contributed by atoms with Gasteiger partial charge in [-0.3, -0.25) is 0 Å². The molecule has 1 aliphatic carbocycles. The number of hydrogen-bond acceptors (Lipinski definition) is 3. The smallest absolute Gasteiger partial charge is 0.0959 e. The maximum atomic E-state index is 9.67. The van der Waals surface area contributed by atoms with E-state index < -0.39 is 5.60 Å². The lowest BCUT2D eigenvalue weighted by atomic mass is 10.1. The molecule has 0 saturated heterocycles. The summed E-state index contributed by atoms with van der Waals surface area (Å²) in [6.45, 7) is 3.61. The van der Waals surface area contributed by atoms with Crippen LogP contribution < -0.4 is 0 Å². The third kappa shape index (κ3) is 1.52. The van der Waals surface area contributed by atoms with E-state index in [9.17, 15) is 5.11 Å². The molecule has 12 heavy (non-hydrogen) atoms. The highest BCUT2D eigenvalue weighted by Crippen LogP contribution is 2.43. The van der Waals surface area contributed by atoms with Crippen LogP contribution in [0.2, 0.25) is 0 Å². The summed E-state index contributed by atoms with van der Waals surface area (Å²) >= 11 is 1.65. The van der Waals surface area contributed by atoms with Crippen LogP contribution in [0.5, 0.6) is 0 Å². The predicted molar refractivity (Wildman–Crippen MR) is 49.3 cm³/mol. The number of nitrogens with zero attached hydrogens (tertiary/aromatic N) is 1. The molecule has 0 aliphatic heterocycles. The van der Waals surface area contributed by atoms with Gasteiger partial charge in [0, 0.05) is 12.1 Å². The quantitative estimate of drug-likeness (QED) is 0.762. The number of rotatable bonds is 2. The highest BCUT2D eigenvalue weighted by atomic mass is 32.1. The van der Waals surface area contributed by atoms with E-state index in [0.717, 1.165) is 4.88 Å². The monoisotopic (exact) mass is 183 g/mol. The predicted octanol–water partition coefficient (Wildman–Crippen LogP) is 2.25. The molecule has 1 aromatic heterocycles. The fourth-order valence-corrected chi connectivity index (χ4v) is 2.18. The molecule has 0 spiro atoms. The van der Waals surface area contributed by atoms with Gasteiger partial charge in [0.05, 0.1) is 15.5 Å². The van der Waals surface area contributed by atoms with Gasteiger partial charge in [-0.1, -0.05) is 0 Å². The Hall–Kier alpha value is -0.410. The van der Waals surface area contributed by atoms with Gasteiger partial charge in [-0.25, -0.2) is 4.98 Å². The van der Waals surface area contributed by atoms with E-state index in [0.29, 0.717) is 5.92 Å². The summed E-state index contributed by atoms with van der Waals surface area (Å²) in [6, 6.07) is 0. The van der Waals surface area contributed by atoms with Gasteiger partial charge >= 0.3 is 0 Å². The standard InChI is InChI=1S/C9H13NOS/c1-9(2,11)7-5-10-8(12-7)6-3-4-6/h5-6,11H,3-4H2,1-2H3. The van der Waals surface area contributed by atoms with Crippen molar-refractivity contribution in [2.45, 2.75) is 38.2 Å². The maximum Gasteiger partial charge on any atom is 0.0959 e. The first-order valence-corrected chi connectivity index (χ1v) is 5.07. The Morgan fingerprint density at radius 3 is 2.67 bits per heavy atom. The highest BCUT2D eigenvalue weighted by molar-refractivity contribution is 7.11. The van der Waals surface area contributed by atoms with Gasteiger partial charge in [0.15, 0.2) is 0 Å². The summed E-state index contributed by atoms with van der Waals surface area (Å²) in [5.41, 5.74) is -0.717. The summed E-state index contributed by atoms with van der Waals surface area (Å²) in [6.07, 6.45) is 4.36. The van der Waals surface area contributed by atoms with Crippen molar-refractivity contribution in [1.82, 2.24) is 4.98 Å². The fraction of sp³-hybridized carbons (Fsp3) is 0.667. The summed E-state index contributed by atoms with van der Waals surface area (Å²) in [4.78, 5) is 5.28. The molecule has 2 nitrogen and oxygen atoms in total. The molecule has 1 heterocycles. The molecule has 0 amide bonds. The second-order valence-corrected chi connectivity index (χ2v) is 4.96. The molecule has 2 rings (SSSR count). The van der Waals surface area contributed by atoms with Crippen molar-refractivity contribution >= 4 is 11.3 Å². The fourth-order valence-electron chi connectivity index (χ4n) is 1.09. The first-order chi connectivity index (χ1) is 5.57. The van der Waals surface area contributed by atoms with Gasteiger partial charge in [0.25, 0.3) is 0 Å². The molecular formula is C9H13NOS. The third-order valence-corrected chi connectivity index (χ3v) is 3.53. The lowest BCUT2D eigenvalue weighted by molar-refractivity contribution is 0.0823. The molecule has 0 unspecified atom stereocenters. The Morgan fingerprint density at radius 1 is 1.58 bits per heavy atom. The number of aliphatic hydroxyl groups is 1. The van der Waals surface area contributed by atoms with Crippen LogP contribution in [0.25, 0.3) is 0 Å². The van der Waals surface area contributed by atoms with Crippen molar-refractivity contribution in [3.63, 3.8) is 0 Å². The Bertz CT molecular complexity index is 283. The average molecular weight is 183 g/mol. The largest absolute Gasteiger partial charge is 0.385 e. The van der Waals surface area contributed by atoms with Crippen molar-refractivity contribution in [3.8, 4) is 0 Å². The van der Waals surface area contributed by atoms with Gasteiger partial charge in [0.1, 0.15) is 0 Å². The van der Waals surface area contributed by atoms with Crippen LogP contribution in [0.15, 0.2) is 6.20 Å². The van der Waals surface area contributed by atoms with Gasteiger partial charge in [0.2, 0.25) is 0 Å². The lowest BCUT2D eigenvalue weighted by Crippen LogP contribution is -2.12. The van der Waals surface area contributed by atoms with Crippen LogP contribution in [-0.4, -0.2) is 10.1 Å². The van der Waals surface area contributed by atoms with Crippen molar-refractivity contribution < 1.29 is 5.11 Å². The van der Waals surface area contributed by atoms with E-state index in [1.165, 1.54) is 17.8 Å². The van der Waals surface area contributed by atoms with Crippen molar-refractivity contribution in [2.75, 3.05) is 0 Å². The summed E-state index contributed by atoms with van der Waals surface area (Å²) in [7, 11) is 0. The molecule has 0 atom stereocenters. The number of aromatic nitrogens is 1. The van der Waals surface area contributed by atoms with Crippen LogP contribution in [-0.2, 0) is 5.60 Å². The Labute approximate surface area is 76.3 Å². The molecule has 1 aromatic rings. The Morgan fingerprint density at radius 2 is 2.25 bits per heavy atom. The third-order valence-electron chi connectivity index (χ3n) is 2.05. The van der Waals surface area contributed by atoms with Crippen molar-refractivity contribution in [1.29, 1.82) is 0 Å². The summed E-state index contributed by atoms with van der Waals surface area (Å²) in [5.74, 6) is 0.700. The second-order valence-electron chi connectivity index (χ2n) is 3.90. The number of thiazole rings is 1. The average Bonchev–Trinajstić information content (AvgIpc) is 2.66. The zero-order chi connectivity index (χ0) is 8.77. The first-order valence-electron chi connectivity index (χ1n) is 4.26. The molecule has 1 aliphatic rings. The minimum atomic E-state index is -0.717. The van der Waals surface area contributed by atoms with E-state index in [1.807, 2.05) is 0 Å². The molecule has 0 bridgehead atoms. The minimum Gasteiger partial charge on any atom is -0.385 e. The summed E-state index contributed by atoms with van der Waals surface area (Å²) in [5, 5.41) is 10.9. The molecule has 3 heteroatoms. The van der Waals surface area contributed by atoms with Crippen LogP contribution in [0.4, 0.5) is 0 Å². The topological polar surface area (TPSA) is 33.1 Å². The zero-order valence-electron chi connectivity index (χ0n) is 7.37.